The fraction of sp³-hybridized carbons (Fsp3) is 0.357. The Kier molecular flexibility index (Phi) is 6.37. The highest BCUT2D eigenvalue weighted by atomic mass is 35.5. The molecule has 36 heavy (non-hydrogen) atoms. The van der Waals surface area contributed by atoms with E-state index in [-0.39, 0.29) is 28.3 Å². The molecule has 2 aliphatic heterocycles. The smallest absolute Gasteiger partial charge is 0.141 e. The molecule has 6 nitrogen and oxygen atoms in total. The van der Waals surface area contributed by atoms with Crippen LogP contribution in [-0.2, 0) is 0 Å². The molecule has 1 atom stereocenters. The van der Waals surface area contributed by atoms with Crippen LogP contribution in [0.1, 0.15) is 52.3 Å². The zero-order valence-corrected chi connectivity index (χ0v) is 21.6. The molecule has 8 heteroatoms. The molecule has 188 valence electrons. The van der Waals surface area contributed by atoms with Crippen molar-refractivity contribution in [1.29, 1.82) is 0 Å². The molecule has 5 rings (SSSR count). The number of fused-ring (bicyclic) bond motifs is 1. The van der Waals surface area contributed by atoms with Gasteiger partial charge in [0.25, 0.3) is 0 Å². The molecular formula is C28H31ClFN5O. The van der Waals surface area contributed by atoms with E-state index in [4.69, 9.17) is 11.6 Å². The highest BCUT2D eigenvalue weighted by molar-refractivity contribution is 6.31. The second-order valence-electron chi connectivity index (χ2n) is 11.0. The van der Waals surface area contributed by atoms with Crippen LogP contribution in [0, 0.1) is 5.82 Å². The lowest BCUT2D eigenvalue weighted by molar-refractivity contribution is 0.139. The Labute approximate surface area is 216 Å². The first-order valence-electron chi connectivity index (χ1n) is 12.1. The monoisotopic (exact) mass is 507 g/mol. The second kappa shape index (κ2) is 9.23. The minimum Gasteiger partial charge on any atom is -0.307 e. The Bertz CT molecular complexity index is 1310. The van der Waals surface area contributed by atoms with Crippen molar-refractivity contribution in [3.05, 3.63) is 71.1 Å². The van der Waals surface area contributed by atoms with Gasteiger partial charge in [0, 0.05) is 40.0 Å². The SMILES string of the molecule is CC1(C)CC(NC2N=CN(O)c3ccc(-c4cccnc4-c4ccc(F)c(Cl)c4)cc32)CC(C)(C)N1. The first-order valence-corrected chi connectivity index (χ1v) is 12.5. The summed E-state index contributed by atoms with van der Waals surface area (Å²) in [6.07, 6.45) is 4.77. The molecule has 2 aliphatic rings. The Balaban J connectivity index is 1.51. The molecule has 0 radical (unpaired) electrons. The number of aromatic nitrogens is 1. The van der Waals surface area contributed by atoms with Gasteiger partial charge < -0.3 is 5.32 Å². The zero-order valence-electron chi connectivity index (χ0n) is 20.9. The maximum absolute atomic E-state index is 13.8. The summed E-state index contributed by atoms with van der Waals surface area (Å²) in [4.78, 5) is 9.20. The number of hydrogen-bond acceptors (Lipinski definition) is 6. The van der Waals surface area contributed by atoms with Crippen molar-refractivity contribution in [3.8, 4) is 22.4 Å². The van der Waals surface area contributed by atoms with Crippen LogP contribution < -0.4 is 15.7 Å². The van der Waals surface area contributed by atoms with E-state index < -0.39 is 5.82 Å². The van der Waals surface area contributed by atoms with Gasteiger partial charge in [-0.15, -0.1) is 0 Å². The predicted octanol–water partition coefficient (Wildman–Crippen LogP) is 6.34. The summed E-state index contributed by atoms with van der Waals surface area (Å²) in [6.45, 7) is 8.89. The number of pyridine rings is 1. The third-order valence-corrected chi connectivity index (χ3v) is 7.08. The Morgan fingerprint density at radius 2 is 1.78 bits per heavy atom. The summed E-state index contributed by atoms with van der Waals surface area (Å²) in [6, 6.07) is 14.6. The van der Waals surface area contributed by atoms with Gasteiger partial charge in [0.2, 0.25) is 0 Å². The van der Waals surface area contributed by atoms with E-state index in [2.05, 4.69) is 48.3 Å². The van der Waals surface area contributed by atoms with E-state index in [0.717, 1.165) is 40.2 Å². The lowest BCUT2D eigenvalue weighted by Gasteiger charge is -2.47. The molecule has 2 aromatic carbocycles. The van der Waals surface area contributed by atoms with E-state index >= 15 is 0 Å². The van der Waals surface area contributed by atoms with E-state index in [9.17, 15) is 9.60 Å². The van der Waals surface area contributed by atoms with Crippen molar-refractivity contribution in [2.24, 2.45) is 4.99 Å². The van der Waals surface area contributed by atoms with Gasteiger partial charge in [-0.25, -0.2) is 14.4 Å². The van der Waals surface area contributed by atoms with E-state index in [0.29, 0.717) is 11.4 Å². The van der Waals surface area contributed by atoms with Crippen molar-refractivity contribution < 1.29 is 9.60 Å². The number of nitrogens with one attached hydrogen (secondary N) is 2. The largest absolute Gasteiger partial charge is 0.307 e. The van der Waals surface area contributed by atoms with Crippen molar-refractivity contribution in [1.82, 2.24) is 15.6 Å². The van der Waals surface area contributed by atoms with Crippen LogP contribution in [0.3, 0.4) is 0 Å². The van der Waals surface area contributed by atoms with Crippen LogP contribution in [0.5, 0.6) is 0 Å². The van der Waals surface area contributed by atoms with Gasteiger partial charge in [-0.1, -0.05) is 23.7 Å². The fourth-order valence-corrected chi connectivity index (χ4v) is 5.91. The highest BCUT2D eigenvalue weighted by Crippen LogP contribution is 2.38. The fourth-order valence-electron chi connectivity index (χ4n) is 5.73. The topological polar surface area (TPSA) is 72.8 Å². The molecule has 1 aromatic heterocycles. The molecule has 1 saturated heterocycles. The molecule has 3 heterocycles. The summed E-state index contributed by atoms with van der Waals surface area (Å²) in [5.74, 6) is -0.467. The number of halogens is 2. The average Bonchev–Trinajstić information content (AvgIpc) is 2.80. The van der Waals surface area contributed by atoms with Gasteiger partial charge in [-0.2, -0.15) is 0 Å². The lowest BCUT2D eigenvalue weighted by atomic mass is 9.79. The molecule has 1 fully saturated rings. The molecule has 3 aromatic rings. The minimum absolute atomic E-state index is 0.00741. The predicted molar refractivity (Wildman–Crippen MR) is 143 cm³/mol. The summed E-state index contributed by atoms with van der Waals surface area (Å²) in [5.41, 5.74) is 4.76. The zero-order chi connectivity index (χ0) is 25.7. The van der Waals surface area contributed by atoms with Crippen LogP contribution >= 0.6 is 11.6 Å². The lowest BCUT2D eigenvalue weighted by Crippen LogP contribution is -2.61. The number of piperidine rings is 1. The van der Waals surface area contributed by atoms with Crippen LogP contribution in [-0.4, -0.2) is 33.6 Å². The molecule has 0 spiro atoms. The van der Waals surface area contributed by atoms with E-state index in [1.165, 1.54) is 12.4 Å². The molecule has 0 amide bonds. The number of hydrogen-bond donors (Lipinski definition) is 3. The van der Waals surface area contributed by atoms with Gasteiger partial charge in [0.15, 0.2) is 0 Å². The second-order valence-corrected chi connectivity index (χ2v) is 11.4. The van der Waals surface area contributed by atoms with Crippen molar-refractivity contribution in [3.63, 3.8) is 0 Å². The summed E-state index contributed by atoms with van der Waals surface area (Å²) >= 11 is 6.06. The summed E-state index contributed by atoms with van der Waals surface area (Å²) in [7, 11) is 0. The first-order chi connectivity index (χ1) is 17.0. The van der Waals surface area contributed by atoms with E-state index in [1.807, 2.05) is 30.3 Å². The standard InChI is InChI=1S/C28H31ClFN5O/c1-27(2)14-19(15-28(3,4)34-27)33-26-21-12-17(8-10-24(21)35(36)16-32-26)20-6-5-11-31-25(20)18-7-9-23(30)22(29)13-18/h5-13,16,19,26,33-34,36H,14-15H2,1-4H3. The third kappa shape index (κ3) is 5.02. The maximum atomic E-state index is 13.8. The first kappa shape index (κ1) is 24.8. The average molecular weight is 508 g/mol. The summed E-state index contributed by atoms with van der Waals surface area (Å²) in [5, 5.41) is 19.0. The molecule has 0 aliphatic carbocycles. The van der Waals surface area contributed by atoms with Crippen LogP contribution in [0.15, 0.2) is 59.7 Å². The Morgan fingerprint density at radius 1 is 1.06 bits per heavy atom. The highest BCUT2D eigenvalue weighted by Gasteiger charge is 2.39. The van der Waals surface area contributed by atoms with Gasteiger partial charge in [-0.05, 0) is 82.5 Å². The van der Waals surface area contributed by atoms with Gasteiger partial charge in [0.1, 0.15) is 18.3 Å². The van der Waals surface area contributed by atoms with Gasteiger partial charge >= 0.3 is 0 Å². The molecule has 0 saturated carbocycles. The van der Waals surface area contributed by atoms with Crippen molar-refractivity contribution in [2.75, 3.05) is 5.06 Å². The Hall–Kier alpha value is -2.84. The number of hydroxylamine groups is 1. The Morgan fingerprint density at radius 3 is 2.50 bits per heavy atom. The number of nitrogens with zero attached hydrogens (tertiary/aromatic N) is 3. The number of rotatable bonds is 4. The maximum Gasteiger partial charge on any atom is 0.141 e. The number of benzene rings is 2. The van der Waals surface area contributed by atoms with Gasteiger partial charge in [0.05, 0.1) is 16.4 Å². The van der Waals surface area contributed by atoms with Crippen LogP contribution in [0.4, 0.5) is 10.1 Å². The van der Waals surface area contributed by atoms with Gasteiger partial charge in [-0.3, -0.25) is 15.5 Å². The minimum atomic E-state index is -0.467. The summed E-state index contributed by atoms with van der Waals surface area (Å²) < 4.78 is 13.8. The number of aliphatic imine (C=N–C) groups is 1. The number of anilines is 1. The van der Waals surface area contributed by atoms with Crippen LogP contribution in [0.2, 0.25) is 5.02 Å². The quantitative estimate of drug-likeness (QED) is 0.384. The third-order valence-electron chi connectivity index (χ3n) is 6.79. The van der Waals surface area contributed by atoms with Crippen molar-refractivity contribution >= 4 is 23.6 Å². The molecule has 0 bridgehead atoms. The van der Waals surface area contributed by atoms with Crippen LogP contribution in [0.25, 0.3) is 22.4 Å². The molecular weight excluding hydrogens is 477 g/mol. The van der Waals surface area contributed by atoms with Crippen molar-refractivity contribution in [2.45, 2.75) is 63.8 Å². The van der Waals surface area contributed by atoms with E-state index in [1.54, 1.807) is 18.3 Å². The molecule has 1 unspecified atom stereocenters. The normalized spacial score (nSPS) is 20.9. The molecule has 3 N–H and O–H groups in total.